The first-order valence-electron chi connectivity index (χ1n) is 8.18. The van der Waals surface area contributed by atoms with Gasteiger partial charge in [-0.25, -0.2) is 8.42 Å². The van der Waals surface area contributed by atoms with Crippen LogP contribution in [0.4, 0.5) is 5.69 Å². The van der Waals surface area contributed by atoms with E-state index in [4.69, 9.17) is 0 Å². The van der Waals surface area contributed by atoms with Crippen LogP contribution >= 0.6 is 0 Å². The molecule has 0 aliphatic heterocycles. The molecule has 0 bridgehead atoms. The van der Waals surface area contributed by atoms with Crippen LogP contribution in [-0.2, 0) is 27.8 Å². The van der Waals surface area contributed by atoms with Crippen LogP contribution < -0.4 is 5.32 Å². The number of aryl methyl sites for hydroxylation is 2. The summed E-state index contributed by atoms with van der Waals surface area (Å²) in [5.74, 6) is -0.349. The monoisotopic (exact) mass is 360 g/mol. The fraction of sp³-hybridized carbons (Fsp3) is 0.316. The SMILES string of the molecule is CCc1ccccc1NC(=O)CN(Cc1ccc(C)cc1)S(C)(=O)=O. The number of rotatable bonds is 7. The van der Waals surface area contributed by atoms with Gasteiger partial charge in [0.15, 0.2) is 0 Å². The molecule has 6 heteroatoms. The first-order valence-corrected chi connectivity index (χ1v) is 10.0. The van der Waals surface area contributed by atoms with Gasteiger partial charge in [0.1, 0.15) is 0 Å². The number of sulfonamides is 1. The number of nitrogens with zero attached hydrogens (tertiary/aromatic N) is 1. The van der Waals surface area contributed by atoms with Crippen molar-refractivity contribution in [2.24, 2.45) is 0 Å². The van der Waals surface area contributed by atoms with E-state index in [0.717, 1.165) is 35.1 Å². The standard InChI is InChI=1S/C19H24N2O3S/c1-4-17-7-5-6-8-18(17)20-19(22)14-21(25(3,23)24)13-16-11-9-15(2)10-12-16/h5-12H,4,13-14H2,1-3H3,(H,20,22). The third kappa shape index (κ3) is 5.69. The second kappa shape index (κ2) is 8.27. The van der Waals surface area contributed by atoms with Gasteiger partial charge in [0.2, 0.25) is 15.9 Å². The largest absolute Gasteiger partial charge is 0.325 e. The Balaban J connectivity index is 2.11. The quantitative estimate of drug-likeness (QED) is 0.825. The Hall–Kier alpha value is -2.18. The summed E-state index contributed by atoms with van der Waals surface area (Å²) in [6.45, 7) is 3.93. The van der Waals surface area contributed by atoms with Crippen LogP contribution in [0.5, 0.6) is 0 Å². The minimum atomic E-state index is -3.50. The Morgan fingerprint density at radius 1 is 1.08 bits per heavy atom. The smallest absolute Gasteiger partial charge is 0.239 e. The molecular weight excluding hydrogens is 336 g/mol. The molecule has 0 saturated heterocycles. The summed E-state index contributed by atoms with van der Waals surface area (Å²) in [4.78, 5) is 12.4. The molecular formula is C19H24N2O3S. The molecule has 0 aliphatic rings. The lowest BCUT2D eigenvalue weighted by atomic mass is 10.1. The third-order valence-corrected chi connectivity index (χ3v) is 5.14. The van der Waals surface area contributed by atoms with Crippen LogP contribution in [0.15, 0.2) is 48.5 Å². The fourth-order valence-electron chi connectivity index (χ4n) is 2.49. The van der Waals surface area contributed by atoms with Gasteiger partial charge in [-0.2, -0.15) is 4.31 Å². The molecule has 1 amide bonds. The Kier molecular flexibility index (Phi) is 6.33. The minimum Gasteiger partial charge on any atom is -0.325 e. The van der Waals surface area contributed by atoms with Crippen LogP contribution in [0.3, 0.4) is 0 Å². The zero-order valence-corrected chi connectivity index (χ0v) is 15.6. The molecule has 0 unspecified atom stereocenters. The lowest BCUT2D eigenvalue weighted by Gasteiger charge is -2.20. The molecule has 25 heavy (non-hydrogen) atoms. The molecule has 0 aliphatic carbocycles. The highest BCUT2D eigenvalue weighted by atomic mass is 32.2. The average molecular weight is 360 g/mol. The van der Waals surface area contributed by atoms with E-state index in [0.29, 0.717) is 0 Å². The van der Waals surface area contributed by atoms with E-state index >= 15 is 0 Å². The number of benzene rings is 2. The molecule has 0 saturated carbocycles. The van der Waals surface area contributed by atoms with E-state index in [-0.39, 0.29) is 19.0 Å². The topological polar surface area (TPSA) is 66.5 Å². The number of anilines is 1. The van der Waals surface area contributed by atoms with Gasteiger partial charge in [-0.05, 0) is 30.5 Å². The zero-order chi connectivity index (χ0) is 18.4. The van der Waals surface area contributed by atoms with Gasteiger partial charge in [0, 0.05) is 12.2 Å². The van der Waals surface area contributed by atoms with Crippen molar-refractivity contribution in [1.82, 2.24) is 4.31 Å². The molecule has 5 nitrogen and oxygen atoms in total. The third-order valence-electron chi connectivity index (χ3n) is 3.94. The molecule has 1 N–H and O–H groups in total. The summed E-state index contributed by atoms with van der Waals surface area (Å²) in [5.41, 5.74) is 3.68. The Bertz CT molecular complexity index is 830. The van der Waals surface area contributed by atoms with Crippen molar-refractivity contribution in [3.8, 4) is 0 Å². The second-order valence-electron chi connectivity index (χ2n) is 6.08. The molecule has 2 rings (SSSR count). The summed E-state index contributed by atoms with van der Waals surface area (Å²) in [7, 11) is -3.50. The Morgan fingerprint density at radius 2 is 1.72 bits per heavy atom. The van der Waals surface area contributed by atoms with E-state index < -0.39 is 10.0 Å². The Morgan fingerprint density at radius 3 is 2.32 bits per heavy atom. The predicted octanol–water partition coefficient (Wildman–Crippen LogP) is 2.96. The van der Waals surface area contributed by atoms with Gasteiger partial charge in [0.05, 0.1) is 12.8 Å². The molecule has 134 valence electrons. The normalized spacial score (nSPS) is 11.5. The number of nitrogens with one attached hydrogen (secondary N) is 1. The number of carbonyl (C=O) groups excluding carboxylic acids is 1. The van der Waals surface area contributed by atoms with E-state index in [2.05, 4.69) is 5.32 Å². The van der Waals surface area contributed by atoms with E-state index in [1.807, 2.05) is 62.4 Å². The summed E-state index contributed by atoms with van der Waals surface area (Å²) < 4.78 is 25.3. The molecule has 0 aromatic heterocycles. The van der Waals surface area contributed by atoms with E-state index in [1.165, 1.54) is 4.31 Å². The van der Waals surface area contributed by atoms with Crippen LogP contribution in [0, 0.1) is 6.92 Å². The minimum absolute atomic E-state index is 0.169. The lowest BCUT2D eigenvalue weighted by molar-refractivity contribution is -0.116. The lowest BCUT2D eigenvalue weighted by Crippen LogP contribution is -2.37. The highest BCUT2D eigenvalue weighted by Crippen LogP contribution is 2.16. The molecule has 0 atom stereocenters. The molecule has 0 spiro atoms. The van der Waals surface area contributed by atoms with Crippen LogP contribution in [-0.4, -0.2) is 31.4 Å². The maximum atomic E-state index is 12.4. The van der Waals surface area contributed by atoms with Gasteiger partial charge < -0.3 is 5.32 Å². The van der Waals surface area contributed by atoms with Crippen LogP contribution in [0.25, 0.3) is 0 Å². The number of hydrogen-bond donors (Lipinski definition) is 1. The summed E-state index contributed by atoms with van der Waals surface area (Å²) in [5, 5.41) is 2.81. The van der Waals surface area contributed by atoms with Gasteiger partial charge in [-0.1, -0.05) is 55.0 Å². The van der Waals surface area contributed by atoms with Crippen LogP contribution in [0.1, 0.15) is 23.6 Å². The maximum absolute atomic E-state index is 12.4. The fourth-order valence-corrected chi connectivity index (χ4v) is 3.22. The number of para-hydroxylation sites is 1. The summed E-state index contributed by atoms with van der Waals surface area (Å²) >= 11 is 0. The van der Waals surface area contributed by atoms with E-state index in [9.17, 15) is 13.2 Å². The highest BCUT2D eigenvalue weighted by molar-refractivity contribution is 7.88. The molecule has 2 aromatic rings. The average Bonchev–Trinajstić information content (AvgIpc) is 2.56. The van der Waals surface area contributed by atoms with Crippen molar-refractivity contribution in [3.05, 3.63) is 65.2 Å². The maximum Gasteiger partial charge on any atom is 0.239 e. The van der Waals surface area contributed by atoms with Crippen molar-refractivity contribution < 1.29 is 13.2 Å². The first-order chi connectivity index (χ1) is 11.8. The van der Waals surface area contributed by atoms with Gasteiger partial charge >= 0.3 is 0 Å². The van der Waals surface area contributed by atoms with Crippen molar-refractivity contribution in [3.63, 3.8) is 0 Å². The second-order valence-corrected chi connectivity index (χ2v) is 8.06. The summed E-state index contributed by atoms with van der Waals surface area (Å²) in [6.07, 6.45) is 1.91. The first kappa shape index (κ1) is 19.1. The van der Waals surface area contributed by atoms with Gasteiger partial charge in [-0.15, -0.1) is 0 Å². The number of hydrogen-bond acceptors (Lipinski definition) is 3. The zero-order valence-electron chi connectivity index (χ0n) is 14.8. The van der Waals surface area contributed by atoms with Crippen molar-refractivity contribution in [1.29, 1.82) is 0 Å². The highest BCUT2D eigenvalue weighted by Gasteiger charge is 2.21. The molecule has 2 aromatic carbocycles. The predicted molar refractivity (Wildman–Crippen MR) is 101 cm³/mol. The molecule has 0 heterocycles. The van der Waals surface area contributed by atoms with Crippen molar-refractivity contribution in [2.75, 3.05) is 18.1 Å². The molecule has 0 fully saturated rings. The van der Waals surface area contributed by atoms with E-state index in [1.54, 1.807) is 0 Å². The Labute approximate surface area is 149 Å². The van der Waals surface area contributed by atoms with Gasteiger partial charge in [-0.3, -0.25) is 4.79 Å². The van der Waals surface area contributed by atoms with Crippen molar-refractivity contribution >= 4 is 21.6 Å². The number of amides is 1. The summed E-state index contributed by atoms with van der Waals surface area (Å²) in [6, 6.07) is 15.1. The molecule has 0 radical (unpaired) electrons. The van der Waals surface area contributed by atoms with Gasteiger partial charge in [0.25, 0.3) is 0 Å². The van der Waals surface area contributed by atoms with Crippen LogP contribution in [0.2, 0.25) is 0 Å². The van der Waals surface area contributed by atoms with Crippen molar-refractivity contribution in [2.45, 2.75) is 26.8 Å². The number of carbonyl (C=O) groups is 1.